The zero-order valence-electron chi connectivity index (χ0n) is 16.3. The van der Waals surface area contributed by atoms with Gasteiger partial charge in [-0.2, -0.15) is 5.10 Å². The summed E-state index contributed by atoms with van der Waals surface area (Å²) in [6.07, 6.45) is 1.57. The molecule has 0 saturated heterocycles. The van der Waals surface area contributed by atoms with Crippen LogP contribution >= 0.6 is 27.5 Å². The fraction of sp³-hybridized carbons (Fsp3) is 0.130. The minimum Gasteiger partial charge on any atom is -0.488 e. The molecule has 3 aromatic rings. The van der Waals surface area contributed by atoms with E-state index in [9.17, 15) is 4.79 Å². The molecule has 0 aromatic heterocycles. The number of carbonyl (C=O) groups excluding carboxylic acids is 1. The summed E-state index contributed by atoms with van der Waals surface area (Å²) in [7, 11) is 0. The van der Waals surface area contributed by atoms with Crippen LogP contribution in [0.5, 0.6) is 5.75 Å². The van der Waals surface area contributed by atoms with Crippen molar-refractivity contribution in [2.45, 2.75) is 19.6 Å². The molecule has 0 aliphatic carbocycles. The number of ether oxygens (including phenoxy) is 1. The van der Waals surface area contributed by atoms with Gasteiger partial charge in [-0.3, -0.25) is 4.79 Å². The molecule has 1 unspecified atom stereocenters. The summed E-state index contributed by atoms with van der Waals surface area (Å²) in [4.78, 5) is 12.3. The first-order valence-corrected chi connectivity index (χ1v) is 10.5. The van der Waals surface area contributed by atoms with Gasteiger partial charge in [0.2, 0.25) is 0 Å². The van der Waals surface area contributed by atoms with Gasteiger partial charge in [0.05, 0.1) is 6.21 Å². The van der Waals surface area contributed by atoms with Crippen molar-refractivity contribution < 1.29 is 9.53 Å². The Labute approximate surface area is 189 Å². The molecule has 7 heteroatoms. The van der Waals surface area contributed by atoms with Crippen molar-refractivity contribution in [2.75, 3.05) is 5.32 Å². The third kappa shape index (κ3) is 6.61. The van der Waals surface area contributed by atoms with Crippen LogP contribution in [-0.4, -0.2) is 18.2 Å². The first-order chi connectivity index (χ1) is 14.5. The van der Waals surface area contributed by atoms with Gasteiger partial charge in [0.15, 0.2) is 0 Å². The maximum absolute atomic E-state index is 12.3. The number of nitrogens with one attached hydrogen (secondary N) is 2. The average Bonchev–Trinajstić information content (AvgIpc) is 2.74. The van der Waals surface area contributed by atoms with Crippen LogP contribution in [0.4, 0.5) is 5.69 Å². The highest BCUT2D eigenvalue weighted by Crippen LogP contribution is 2.19. The zero-order chi connectivity index (χ0) is 21.3. The van der Waals surface area contributed by atoms with Gasteiger partial charge in [0.1, 0.15) is 18.4 Å². The molecule has 154 valence electrons. The second-order valence-electron chi connectivity index (χ2n) is 6.56. The Kier molecular flexibility index (Phi) is 7.88. The van der Waals surface area contributed by atoms with Crippen molar-refractivity contribution in [1.29, 1.82) is 0 Å². The van der Waals surface area contributed by atoms with Crippen LogP contribution in [0.25, 0.3) is 0 Å². The number of anilines is 1. The lowest BCUT2D eigenvalue weighted by atomic mass is 10.2. The lowest BCUT2D eigenvalue weighted by Crippen LogP contribution is -2.34. The van der Waals surface area contributed by atoms with E-state index in [1.54, 1.807) is 25.3 Å². The third-order valence-electron chi connectivity index (χ3n) is 4.21. The fourth-order valence-electron chi connectivity index (χ4n) is 2.62. The number of hydrogen-bond donors (Lipinski definition) is 2. The lowest BCUT2D eigenvalue weighted by molar-refractivity contribution is -0.121. The maximum Gasteiger partial charge on any atom is 0.262 e. The Morgan fingerprint density at radius 3 is 2.67 bits per heavy atom. The van der Waals surface area contributed by atoms with E-state index in [1.165, 1.54) is 0 Å². The Balaban J connectivity index is 1.56. The molecule has 0 heterocycles. The minimum atomic E-state index is -0.482. The van der Waals surface area contributed by atoms with E-state index in [0.29, 0.717) is 17.4 Å². The van der Waals surface area contributed by atoms with E-state index in [2.05, 4.69) is 31.8 Å². The van der Waals surface area contributed by atoms with Crippen LogP contribution in [0.15, 0.2) is 82.4 Å². The van der Waals surface area contributed by atoms with Gasteiger partial charge in [-0.25, -0.2) is 5.43 Å². The van der Waals surface area contributed by atoms with Gasteiger partial charge in [-0.05, 0) is 55.0 Å². The smallest absolute Gasteiger partial charge is 0.262 e. The van der Waals surface area contributed by atoms with E-state index in [4.69, 9.17) is 16.3 Å². The van der Waals surface area contributed by atoms with Crippen molar-refractivity contribution in [3.63, 3.8) is 0 Å². The molecular weight excluding hydrogens is 466 g/mol. The number of amides is 1. The van der Waals surface area contributed by atoms with Crippen LogP contribution < -0.4 is 15.5 Å². The summed E-state index contributed by atoms with van der Waals surface area (Å²) in [5.41, 5.74) is 5.14. The summed E-state index contributed by atoms with van der Waals surface area (Å²) in [6, 6.07) is 22.2. The second kappa shape index (κ2) is 10.8. The van der Waals surface area contributed by atoms with Gasteiger partial charge >= 0.3 is 0 Å². The lowest BCUT2D eigenvalue weighted by Gasteiger charge is -2.13. The van der Waals surface area contributed by atoms with E-state index in [1.807, 2.05) is 60.7 Å². The quantitative estimate of drug-likeness (QED) is 0.320. The van der Waals surface area contributed by atoms with E-state index in [0.717, 1.165) is 21.3 Å². The SMILES string of the molecule is CC(Nc1cccc(Cl)c1)C(=O)N/N=C/c1ccccc1OCc1ccc(Br)cc1. The fourth-order valence-corrected chi connectivity index (χ4v) is 3.07. The van der Waals surface area contributed by atoms with Crippen LogP contribution in [-0.2, 0) is 11.4 Å². The molecule has 3 aromatic carbocycles. The number of hydrazone groups is 1. The maximum atomic E-state index is 12.3. The third-order valence-corrected chi connectivity index (χ3v) is 4.97. The normalized spacial score (nSPS) is 11.8. The summed E-state index contributed by atoms with van der Waals surface area (Å²) < 4.78 is 6.94. The number of para-hydroxylation sites is 1. The number of halogens is 2. The van der Waals surface area contributed by atoms with E-state index < -0.39 is 6.04 Å². The van der Waals surface area contributed by atoms with Crippen LogP contribution in [0.1, 0.15) is 18.1 Å². The molecule has 0 spiro atoms. The number of carbonyl (C=O) groups is 1. The van der Waals surface area contributed by atoms with Crippen molar-refractivity contribution >= 4 is 45.3 Å². The monoisotopic (exact) mass is 485 g/mol. The number of hydrogen-bond acceptors (Lipinski definition) is 4. The molecule has 0 bridgehead atoms. The first-order valence-electron chi connectivity index (χ1n) is 9.32. The summed E-state index contributed by atoms with van der Waals surface area (Å²) in [5.74, 6) is 0.419. The molecule has 0 aliphatic rings. The molecule has 0 aliphatic heterocycles. The standard InChI is InChI=1S/C23H21BrClN3O2/c1-16(27-21-7-4-6-20(25)13-21)23(29)28-26-14-18-5-2-3-8-22(18)30-15-17-9-11-19(24)12-10-17/h2-14,16,27H,15H2,1H3,(H,28,29)/b26-14+. The summed E-state index contributed by atoms with van der Waals surface area (Å²) >= 11 is 9.39. The first kappa shape index (κ1) is 21.9. The molecule has 5 nitrogen and oxygen atoms in total. The van der Waals surface area contributed by atoms with Gasteiger partial charge in [-0.15, -0.1) is 0 Å². The molecule has 0 saturated carbocycles. The summed E-state index contributed by atoms with van der Waals surface area (Å²) in [5, 5.41) is 7.76. The number of benzene rings is 3. The topological polar surface area (TPSA) is 62.7 Å². The predicted molar refractivity (Wildman–Crippen MR) is 125 cm³/mol. The number of nitrogens with zero attached hydrogens (tertiary/aromatic N) is 1. The van der Waals surface area contributed by atoms with Gasteiger partial charge in [-0.1, -0.05) is 57.9 Å². The highest BCUT2D eigenvalue weighted by Gasteiger charge is 2.12. The molecular formula is C23H21BrClN3O2. The van der Waals surface area contributed by atoms with Crippen LogP contribution in [0, 0.1) is 0 Å². The molecule has 3 rings (SSSR count). The Morgan fingerprint density at radius 1 is 1.13 bits per heavy atom. The van der Waals surface area contributed by atoms with Gasteiger partial charge in [0, 0.05) is 20.7 Å². The predicted octanol–water partition coefficient (Wildman–Crippen LogP) is 5.63. The molecule has 30 heavy (non-hydrogen) atoms. The highest BCUT2D eigenvalue weighted by atomic mass is 79.9. The Morgan fingerprint density at radius 2 is 1.90 bits per heavy atom. The molecule has 2 N–H and O–H groups in total. The summed E-state index contributed by atoms with van der Waals surface area (Å²) in [6.45, 7) is 2.19. The largest absolute Gasteiger partial charge is 0.488 e. The van der Waals surface area contributed by atoms with Crippen LogP contribution in [0.3, 0.4) is 0 Å². The van der Waals surface area contributed by atoms with Crippen molar-refractivity contribution in [2.24, 2.45) is 5.10 Å². The van der Waals surface area contributed by atoms with Gasteiger partial charge < -0.3 is 10.1 Å². The van der Waals surface area contributed by atoms with E-state index in [-0.39, 0.29) is 5.91 Å². The molecule has 0 fully saturated rings. The molecule has 0 radical (unpaired) electrons. The highest BCUT2D eigenvalue weighted by molar-refractivity contribution is 9.10. The van der Waals surface area contributed by atoms with Crippen molar-refractivity contribution in [3.05, 3.63) is 93.4 Å². The number of rotatable bonds is 8. The Bertz CT molecular complexity index is 1020. The zero-order valence-corrected chi connectivity index (χ0v) is 18.7. The Hall–Kier alpha value is -2.83. The minimum absolute atomic E-state index is 0.264. The van der Waals surface area contributed by atoms with Crippen molar-refractivity contribution in [1.82, 2.24) is 5.43 Å². The van der Waals surface area contributed by atoms with Crippen molar-refractivity contribution in [3.8, 4) is 5.75 Å². The molecule has 1 amide bonds. The molecule has 1 atom stereocenters. The van der Waals surface area contributed by atoms with Crippen LogP contribution in [0.2, 0.25) is 5.02 Å². The van der Waals surface area contributed by atoms with Gasteiger partial charge in [0.25, 0.3) is 5.91 Å². The second-order valence-corrected chi connectivity index (χ2v) is 7.92. The van der Waals surface area contributed by atoms with E-state index >= 15 is 0 Å². The average molecular weight is 487 g/mol.